The number of esters is 1. The molecule has 1 saturated heterocycles. The highest BCUT2D eigenvalue weighted by atomic mass is 16.5. The average Bonchev–Trinajstić information content (AvgIpc) is 2.97. The summed E-state index contributed by atoms with van der Waals surface area (Å²) < 4.78 is 11.1. The van der Waals surface area contributed by atoms with Crippen LogP contribution in [0.25, 0.3) is 11.0 Å². The van der Waals surface area contributed by atoms with E-state index < -0.39 is 5.97 Å². The second kappa shape index (κ2) is 9.02. The third-order valence-electron chi connectivity index (χ3n) is 5.49. The van der Waals surface area contributed by atoms with Crippen molar-refractivity contribution in [1.29, 1.82) is 5.26 Å². The molecule has 3 aromatic rings. The molecule has 0 atom stereocenters. The van der Waals surface area contributed by atoms with Crippen LogP contribution in [0, 0.1) is 11.3 Å². The van der Waals surface area contributed by atoms with E-state index in [1.54, 1.807) is 6.92 Å². The summed E-state index contributed by atoms with van der Waals surface area (Å²) in [6.07, 6.45) is 0.976. The molecule has 0 radical (unpaired) electrons. The molecule has 0 N–H and O–H groups in total. The van der Waals surface area contributed by atoms with Crippen molar-refractivity contribution < 1.29 is 13.9 Å². The van der Waals surface area contributed by atoms with E-state index in [0.29, 0.717) is 30.1 Å². The first-order valence-corrected chi connectivity index (χ1v) is 10.3. The van der Waals surface area contributed by atoms with Crippen LogP contribution in [0.15, 0.2) is 52.9 Å². The number of furan rings is 1. The fourth-order valence-corrected chi connectivity index (χ4v) is 4.05. The molecule has 0 aliphatic carbocycles. The van der Waals surface area contributed by atoms with Gasteiger partial charge in [0, 0.05) is 43.7 Å². The molecule has 6 heteroatoms. The Balaban J connectivity index is 1.55. The molecule has 2 aromatic carbocycles. The number of fused-ring (bicyclic) bond motifs is 1. The molecular weight excluding hydrogens is 378 g/mol. The molecule has 1 aliphatic rings. The predicted octanol–water partition coefficient (Wildman–Crippen LogP) is 4.19. The van der Waals surface area contributed by atoms with Crippen LogP contribution in [0.1, 0.15) is 35.0 Å². The highest BCUT2D eigenvalue weighted by molar-refractivity contribution is 5.96. The number of hydrogen-bond donors (Lipinski definition) is 0. The van der Waals surface area contributed by atoms with Gasteiger partial charge in [-0.2, -0.15) is 5.26 Å². The SMILES string of the molecule is CCOC(=O)c1oc2ccccc2c1CN1CCCN(c2ccccc2C#N)CC1. The zero-order valence-corrected chi connectivity index (χ0v) is 17.1. The molecule has 2 heterocycles. The van der Waals surface area contributed by atoms with Crippen LogP contribution in [0.2, 0.25) is 0 Å². The maximum Gasteiger partial charge on any atom is 0.374 e. The minimum atomic E-state index is -0.414. The number of nitriles is 1. The number of carbonyl (C=O) groups is 1. The lowest BCUT2D eigenvalue weighted by Crippen LogP contribution is -2.31. The molecule has 1 fully saturated rings. The second-order valence-corrected chi connectivity index (χ2v) is 7.37. The quantitative estimate of drug-likeness (QED) is 0.595. The topological polar surface area (TPSA) is 69.7 Å². The van der Waals surface area contributed by atoms with E-state index in [1.165, 1.54) is 0 Å². The lowest BCUT2D eigenvalue weighted by atomic mass is 10.1. The van der Waals surface area contributed by atoms with Crippen LogP contribution in [0.5, 0.6) is 0 Å². The van der Waals surface area contributed by atoms with Gasteiger partial charge < -0.3 is 14.1 Å². The maximum absolute atomic E-state index is 12.5. The van der Waals surface area contributed by atoms with Gasteiger partial charge in [-0.25, -0.2) is 4.79 Å². The minimum absolute atomic E-state index is 0.300. The molecular formula is C24H25N3O3. The Labute approximate surface area is 176 Å². The van der Waals surface area contributed by atoms with E-state index >= 15 is 0 Å². The Hall–Kier alpha value is -3.30. The maximum atomic E-state index is 12.5. The van der Waals surface area contributed by atoms with E-state index in [1.807, 2.05) is 48.5 Å². The zero-order valence-electron chi connectivity index (χ0n) is 17.1. The van der Waals surface area contributed by atoms with Gasteiger partial charge in [0.2, 0.25) is 5.76 Å². The van der Waals surface area contributed by atoms with Crippen LogP contribution in [0.4, 0.5) is 5.69 Å². The summed E-state index contributed by atoms with van der Waals surface area (Å²) in [4.78, 5) is 17.1. The van der Waals surface area contributed by atoms with E-state index in [-0.39, 0.29) is 0 Å². The lowest BCUT2D eigenvalue weighted by Gasteiger charge is -2.24. The van der Waals surface area contributed by atoms with E-state index in [9.17, 15) is 10.1 Å². The molecule has 6 nitrogen and oxygen atoms in total. The summed E-state index contributed by atoms with van der Waals surface area (Å²) in [6.45, 7) is 6.19. The Morgan fingerprint density at radius 2 is 1.90 bits per heavy atom. The molecule has 0 bridgehead atoms. The highest BCUT2D eigenvalue weighted by Crippen LogP contribution is 2.29. The molecule has 154 valence electrons. The van der Waals surface area contributed by atoms with E-state index in [2.05, 4.69) is 15.9 Å². The fraction of sp³-hybridized carbons (Fsp3) is 0.333. The second-order valence-electron chi connectivity index (χ2n) is 7.37. The summed E-state index contributed by atoms with van der Waals surface area (Å²) in [6, 6.07) is 17.8. The first-order valence-electron chi connectivity index (χ1n) is 10.3. The standard InChI is InChI=1S/C24H25N3O3/c1-2-29-24(28)23-20(19-9-4-6-11-22(19)30-23)17-26-12-7-13-27(15-14-26)21-10-5-3-8-18(21)16-25/h3-6,8-11H,2,7,12-15,17H2,1H3. The zero-order chi connectivity index (χ0) is 20.9. The first-order chi connectivity index (χ1) is 14.7. The number of carbonyl (C=O) groups excluding carboxylic acids is 1. The third kappa shape index (κ3) is 4.03. The van der Waals surface area contributed by atoms with Gasteiger partial charge in [0.25, 0.3) is 0 Å². The van der Waals surface area contributed by atoms with Gasteiger partial charge >= 0.3 is 5.97 Å². The number of ether oxygens (including phenoxy) is 1. The summed E-state index contributed by atoms with van der Waals surface area (Å²) in [5.74, 6) is -0.114. The molecule has 30 heavy (non-hydrogen) atoms. The summed E-state index contributed by atoms with van der Waals surface area (Å²) in [5, 5.41) is 10.4. The van der Waals surface area contributed by atoms with Crippen LogP contribution in [-0.2, 0) is 11.3 Å². The summed E-state index contributed by atoms with van der Waals surface area (Å²) in [5.41, 5.74) is 3.28. The van der Waals surface area contributed by atoms with Crippen molar-refractivity contribution in [3.8, 4) is 6.07 Å². The molecule has 0 saturated carbocycles. The van der Waals surface area contributed by atoms with Crippen LogP contribution in [0.3, 0.4) is 0 Å². The van der Waals surface area contributed by atoms with Gasteiger partial charge in [-0.3, -0.25) is 4.90 Å². The van der Waals surface area contributed by atoms with E-state index in [4.69, 9.17) is 9.15 Å². The lowest BCUT2D eigenvalue weighted by molar-refractivity contribution is 0.0489. The average molecular weight is 403 g/mol. The number of rotatable bonds is 5. The highest BCUT2D eigenvalue weighted by Gasteiger charge is 2.25. The summed E-state index contributed by atoms with van der Waals surface area (Å²) >= 11 is 0. The number of benzene rings is 2. The Bertz CT molecular complexity index is 1080. The Morgan fingerprint density at radius 3 is 2.73 bits per heavy atom. The van der Waals surface area contributed by atoms with Gasteiger partial charge in [-0.05, 0) is 31.5 Å². The normalized spacial score (nSPS) is 15.0. The number of anilines is 1. The smallest absolute Gasteiger partial charge is 0.374 e. The van der Waals surface area contributed by atoms with Crippen LogP contribution < -0.4 is 4.90 Å². The molecule has 0 unspecified atom stereocenters. The molecule has 4 rings (SSSR count). The van der Waals surface area contributed by atoms with Crippen molar-refractivity contribution in [1.82, 2.24) is 4.90 Å². The minimum Gasteiger partial charge on any atom is -0.460 e. The van der Waals surface area contributed by atoms with Crippen molar-refractivity contribution in [2.45, 2.75) is 19.9 Å². The third-order valence-corrected chi connectivity index (χ3v) is 5.49. The van der Waals surface area contributed by atoms with Crippen molar-refractivity contribution in [3.05, 3.63) is 65.4 Å². The van der Waals surface area contributed by atoms with Crippen LogP contribution in [-0.4, -0.2) is 43.7 Å². The Kier molecular flexibility index (Phi) is 6.01. The predicted molar refractivity (Wildman–Crippen MR) is 115 cm³/mol. The van der Waals surface area contributed by atoms with Crippen molar-refractivity contribution in [2.24, 2.45) is 0 Å². The van der Waals surface area contributed by atoms with Gasteiger partial charge in [-0.15, -0.1) is 0 Å². The van der Waals surface area contributed by atoms with Crippen molar-refractivity contribution in [3.63, 3.8) is 0 Å². The molecule has 1 aromatic heterocycles. The van der Waals surface area contributed by atoms with Crippen molar-refractivity contribution in [2.75, 3.05) is 37.7 Å². The van der Waals surface area contributed by atoms with Crippen LogP contribution >= 0.6 is 0 Å². The first kappa shape index (κ1) is 20.0. The van der Waals surface area contributed by atoms with Gasteiger partial charge in [0.05, 0.1) is 17.9 Å². The number of hydrogen-bond acceptors (Lipinski definition) is 6. The number of nitrogens with zero attached hydrogens (tertiary/aromatic N) is 3. The Morgan fingerprint density at radius 1 is 1.10 bits per heavy atom. The van der Waals surface area contributed by atoms with E-state index in [0.717, 1.165) is 49.2 Å². The van der Waals surface area contributed by atoms with Gasteiger partial charge in [0.1, 0.15) is 11.7 Å². The number of para-hydroxylation sites is 2. The summed E-state index contributed by atoms with van der Waals surface area (Å²) in [7, 11) is 0. The fourth-order valence-electron chi connectivity index (χ4n) is 4.05. The largest absolute Gasteiger partial charge is 0.460 e. The molecule has 1 aliphatic heterocycles. The van der Waals surface area contributed by atoms with Gasteiger partial charge in [-0.1, -0.05) is 30.3 Å². The molecule has 0 spiro atoms. The molecule has 0 amide bonds. The van der Waals surface area contributed by atoms with Gasteiger partial charge in [0.15, 0.2) is 0 Å². The monoisotopic (exact) mass is 403 g/mol. The van der Waals surface area contributed by atoms with Crippen molar-refractivity contribution >= 4 is 22.6 Å².